The first kappa shape index (κ1) is 14.3. The molecule has 3 rings (SSSR count). The fraction of sp³-hybridized carbons (Fsp3) is 0. The van der Waals surface area contributed by atoms with Crippen molar-refractivity contribution in [1.82, 2.24) is 4.98 Å². The molecule has 3 aromatic rings. The number of oxazole rings is 1. The average molecular weight is 316 g/mol. The molecule has 10 heteroatoms. The lowest BCUT2D eigenvalue weighted by Crippen LogP contribution is -1.93. The van der Waals surface area contributed by atoms with Crippen LogP contribution in [0.15, 0.2) is 40.8 Å². The molecular formula is C13H8N4O6. The van der Waals surface area contributed by atoms with E-state index in [1.54, 1.807) is 0 Å². The highest BCUT2D eigenvalue weighted by molar-refractivity contribution is 5.78. The highest BCUT2D eigenvalue weighted by Crippen LogP contribution is 2.31. The zero-order valence-electron chi connectivity index (χ0n) is 11.3. The number of nitrogens with zero attached hydrogens (tertiary/aromatic N) is 3. The van der Waals surface area contributed by atoms with Crippen LogP contribution in [0.4, 0.5) is 23.1 Å². The Bertz CT molecular complexity index is 935. The van der Waals surface area contributed by atoms with E-state index in [0.29, 0.717) is 5.52 Å². The standard InChI is InChI=1S/C13H8N4O6/c18-11-5-7(16(19)20)1-3-9(11)14-13-15-10-4-2-8(17(21)22)6-12(10)23-13/h1-6,18H,(H,14,15). The maximum absolute atomic E-state index is 10.7. The number of hydrogen-bond acceptors (Lipinski definition) is 8. The number of phenols is 1. The van der Waals surface area contributed by atoms with Crippen molar-refractivity contribution in [3.63, 3.8) is 0 Å². The van der Waals surface area contributed by atoms with Gasteiger partial charge in [0.05, 0.1) is 27.7 Å². The molecule has 0 aliphatic heterocycles. The molecule has 1 heterocycles. The van der Waals surface area contributed by atoms with E-state index in [1.165, 1.54) is 30.3 Å². The highest BCUT2D eigenvalue weighted by Gasteiger charge is 2.14. The Hall–Kier alpha value is -3.69. The lowest BCUT2D eigenvalue weighted by Gasteiger charge is -2.03. The molecule has 0 atom stereocenters. The Morgan fingerprint density at radius 2 is 1.70 bits per heavy atom. The first-order valence-corrected chi connectivity index (χ1v) is 6.23. The van der Waals surface area contributed by atoms with Gasteiger partial charge in [-0.1, -0.05) is 0 Å². The summed E-state index contributed by atoms with van der Waals surface area (Å²) in [7, 11) is 0. The van der Waals surface area contributed by atoms with Crippen molar-refractivity contribution in [2.45, 2.75) is 0 Å². The van der Waals surface area contributed by atoms with Crippen LogP contribution in [0, 0.1) is 20.2 Å². The fourth-order valence-corrected chi connectivity index (χ4v) is 1.93. The third-order valence-electron chi connectivity index (χ3n) is 3.02. The van der Waals surface area contributed by atoms with Gasteiger partial charge in [0, 0.05) is 12.1 Å². The van der Waals surface area contributed by atoms with E-state index in [9.17, 15) is 25.3 Å². The van der Waals surface area contributed by atoms with Crippen molar-refractivity contribution in [3.05, 3.63) is 56.6 Å². The van der Waals surface area contributed by atoms with Crippen LogP contribution in [0.1, 0.15) is 0 Å². The number of aromatic nitrogens is 1. The van der Waals surface area contributed by atoms with E-state index in [1.807, 2.05) is 0 Å². The van der Waals surface area contributed by atoms with Gasteiger partial charge in [-0.3, -0.25) is 20.2 Å². The summed E-state index contributed by atoms with van der Waals surface area (Å²) in [5.41, 5.74) is 0.332. The first-order chi connectivity index (χ1) is 10.9. The van der Waals surface area contributed by atoms with Gasteiger partial charge in [-0.15, -0.1) is 0 Å². The van der Waals surface area contributed by atoms with Gasteiger partial charge >= 0.3 is 0 Å². The normalized spacial score (nSPS) is 10.6. The predicted molar refractivity (Wildman–Crippen MR) is 78.7 cm³/mol. The summed E-state index contributed by atoms with van der Waals surface area (Å²) in [5, 5.41) is 33.8. The average Bonchev–Trinajstić information content (AvgIpc) is 2.90. The minimum Gasteiger partial charge on any atom is -0.506 e. The third kappa shape index (κ3) is 2.72. The molecule has 0 unspecified atom stereocenters. The Balaban J connectivity index is 1.92. The first-order valence-electron chi connectivity index (χ1n) is 6.23. The number of benzene rings is 2. The van der Waals surface area contributed by atoms with Gasteiger partial charge in [-0.05, 0) is 12.1 Å². The van der Waals surface area contributed by atoms with Gasteiger partial charge in [0.15, 0.2) is 5.58 Å². The summed E-state index contributed by atoms with van der Waals surface area (Å²) in [6.07, 6.45) is 0. The van der Waals surface area contributed by atoms with E-state index in [-0.39, 0.29) is 34.4 Å². The Morgan fingerprint density at radius 3 is 2.35 bits per heavy atom. The van der Waals surface area contributed by atoms with Crippen molar-refractivity contribution in [1.29, 1.82) is 0 Å². The second-order valence-corrected chi connectivity index (χ2v) is 4.51. The Kier molecular flexibility index (Phi) is 3.26. The van der Waals surface area contributed by atoms with E-state index < -0.39 is 9.85 Å². The largest absolute Gasteiger partial charge is 0.506 e. The van der Waals surface area contributed by atoms with Gasteiger partial charge in [-0.25, -0.2) is 0 Å². The molecule has 0 saturated carbocycles. The number of anilines is 2. The van der Waals surface area contributed by atoms with Crippen LogP contribution in [-0.4, -0.2) is 19.9 Å². The molecule has 0 radical (unpaired) electrons. The number of hydrogen-bond donors (Lipinski definition) is 2. The molecule has 2 N–H and O–H groups in total. The molecule has 23 heavy (non-hydrogen) atoms. The smallest absolute Gasteiger partial charge is 0.300 e. The van der Waals surface area contributed by atoms with Gasteiger partial charge in [-0.2, -0.15) is 4.98 Å². The second-order valence-electron chi connectivity index (χ2n) is 4.51. The van der Waals surface area contributed by atoms with Crippen molar-refractivity contribution in [2.75, 3.05) is 5.32 Å². The summed E-state index contributed by atoms with van der Waals surface area (Å²) in [5.74, 6) is -0.354. The number of nitrogens with one attached hydrogen (secondary N) is 1. The van der Waals surface area contributed by atoms with Crippen LogP contribution in [0.25, 0.3) is 11.1 Å². The maximum Gasteiger partial charge on any atom is 0.300 e. The molecule has 0 aliphatic rings. The van der Waals surface area contributed by atoms with Crippen LogP contribution >= 0.6 is 0 Å². The molecule has 0 amide bonds. The second kappa shape index (κ2) is 5.26. The quantitative estimate of drug-likeness (QED) is 0.424. The van der Waals surface area contributed by atoms with E-state index in [2.05, 4.69) is 10.3 Å². The molecule has 10 nitrogen and oxygen atoms in total. The van der Waals surface area contributed by atoms with Crippen LogP contribution in [-0.2, 0) is 0 Å². The van der Waals surface area contributed by atoms with Crippen LogP contribution < -0.4 is 5.32 Å². The molecule has 0 saturated heterocycles. The van der Waals surface area contributed by atoms with Crippen molar-refractivity contribution in [3.8, 4) is 5.75 Å². The molecule has 0 spiro atoms. The maximum atomic E-state index is 10.7. The highest BCUT2D eigenvalue weighted by atomic mass is 16.6. The number of nitro benzene ring substituents is 2. The van der Waals surface area contributed by atoms with Gasteiger partial charge in [0.1, 0.15) is 11.3 Å². The number of non-ortho nitro benzene ring substituents is 2. The molecule has 0 aliphatic carbocycles. The lowest BCUT2D eigenvalue weighted by atomic mass is 10.2. The van der Waals surface area contributed by atoms with Crippen molar-refractivity contribution in [2.24, 2.45) is 0 Å². The van der Waals surface area contributed by atoms with E-state index in [4.69, 9.17) is 4.42 Å². The molecular weight excluding hydrogens is 308 g/mol. The molecule has 116 valence electrons. The number of nitro groups is 2. The summed E-state index contributed by atoms with van der Waals surface area (Å²) < 4.78 is 5.32. The number of aromatic hydroxyl groups is 1. The molecule has 0 bridgehead atoms. The van der Waals surface area contributed by atoms with Gasteiger partial charge in [0.25, 0.3) is 17.4 Å². The van der Waals surface area contributed by atoms with Crippen molar-refractivity contribution >= 4 is 34.2 Å². The summed E-state index contributed by atoms with van der Waals surface area (Å²) in [6.45, 7) is 0. The SMILES string of the molecule is O=[N+]([O-])c1ccc(Nc2nc3ccc([N+](=O)[O-])cc3o2)c(O)c1. The number of fused-ring (bicyclic) bond motifs is 1. The van der Waals surface area contributed by atoms with E-state index in [0.717, 1.165) is 6.07 Å². The Labute approximate surface area is 127 Å². The summed E-state index contributed by atoms with van der Waals surface area (Å²) >= 11 is 0. The topological polar surface area (TPSA) is 145 Å². The third-order valence-corrected chi connectivity index (χ3v) is 3.02. The summed E-state index contributed by atoms with van der Waals surface area (Å²) in [6, 6.07) is 7.42. The summed E-state index contributed by atoms with van der Waals surface area (Å²) in [4.78, 5) is 24.2. The lowest BCUT2D eigenvalue weighted by molar-refractivity contribution is -0.385. The predicted octanol–water partition coefficient (Wildman–Crippen LogP) is 3.09. The van der Waals surface area contributed by atoms with Gasteiger partial charge in [0.2, 0.25) is 0 Å². The molecule has 0 fully saturated rings. The number of phenolic OH excluding ortho intramolecular Hbond substituents is 1. The van der Waals surface area contributed by atoms with E-state index >= 15 is 0 Å². The van der Waals surface area contributed by atoms with Gasteiger partial charge < -0.3 is 14.8 Å². The minimum absolute atomic E-state index is 0.00958. The van der Waals surface area contributed by atoms with Crippen LogP contribution in [0.2, 0.25) is 0 Å². The monoisotopic (exact) mass is 316 g/mol. The number of rotatable bonds is 4. The fourth-order valence-electron chi connectivity index (χ4n) is 1.93. The molecule has 1 aromatic heterocycles. The van der Waals surface area contributed by atoms with Crippen LogP contribution in [0.5, 0.6) is 5.75 Å². The van der Waals surface area contributed by atoms with Crippen LogP contribution in [0.3, 0.4) is 0 Å². The minimum atomic E-state index is -0.637. The molecule has 2 aromatic carbocycles. The zero-order chi connectivity index (χ0) is 16.6. The Morgan fingerprint density at radius 1 is 1.04 bits per heavy atom. The zero-order valence-corrected chi connectivity index (χ0v) is 11.3. The van der Waals surface area contributed by atoms with Crippen molar-refractivity contribution < 1.29 is 19.4 Å².